The van der Waals surface area contributed by atoms with Gasteiger partial charge >= 0.3 is 0 Å². The maximum absolute atomic E-state index is 13.3. The minimum atomic E-state index is -0.217. The Bertz CT molecular complexity index is 1140. The highest BCUT2D eigenvalue weighted by Crippen LogP contribution is 2.33. The van der Waals surface area contributed by atoms with Crippen LogP contribution in [0.1, 0.15) is 49.5 Å². The molecule has 2 fully saturated rings. The summed E-state index contributed by atoms with van der Waals surface area (Å²) in [4.78, 5) is 41.5. The van der Waals surface area contributed by atoms with Crippen LogP contribution in [0.5, 0.6) is 0 Å². The number of piperidine rings is 1. The number of rotatable bonds is 9. The van der Waals surface area contributed by atoms with Crippen LogP contribution in [0.3, 0.4) is 0 Å². The molecule has 10 nitrogen and oxygen atoms in total. The Morgan fingerprint density at radius 3 is 2.56 bits per heavy atom. The summed E-state index contributed by atoms with van der Waals surface area (Å²) in [6, 6.07) is 7.44. The monoisotopic (exact) mass is 508 g/mol. The normalized spacial score (nSPS) is 15.9. The van der Waals surface area contributed by atoms with Gasteiger partial charge in [0, 0.05) is 36.1 Å². The number of aromatic nitrogens is 2. The molecule has 0 unspecified atom stereocenters. The van der Waals surface area contributed by atoms with Gasteiger partial charge in [-0.15, -0.1) is 0 Å². The highest BCUT2D eigenvalue weighted by atomic mass is 32.2. The van der Waals surface area contributed by atoms with Gasteiger partial charge < -0.3 is 21.4 Å². The van der Waals surface area contributed by atoms with Crippen molar-refractivity contribution in [1.82, 2.24) is 25.7 Å². The number of carbonyl (C=O) groups is 2. The van der Waals surface area contributed by atoms with Crippen LogP contribution in [-0.2, 0) is 4.79 Å². The lowest BCUT2D eigenvalue weighted by Gasteiger charge is -2.26. The molecule has 0 radical (unpaired) electrons. The van der Waals surface area contributed by atoms with Gasteiger partial charge in [-0.25, -0.2) is 20.4 Å². The molecule has 0 atom stereocenters. The summed E-state index contributed by atoms with van der Waals surface area (Å²) in [6.07, 6.45) is 6.47. The smallest absolute Gasteiger partial charge is 0.274 e. The first-order chi connectivity index (χ1) is 17.5. The number of nitrogen functional groups attached to an aromatic ring is 1. The van der Waals surface area contributed by atoms with Crippen LogP contribution in [0.4, 0.5) is 17.2 Å². The summed E-state index contributed by atoms with van der Waals surface area (Å²) >= 11 is 1.30. The number of aliphatic imine (C=N–C) groups is 1. The van der Waals surface area contributed by atoms with E-state index in [4.69, 9.17) is 5.73 Å². The minimum Gasteiger partial charge on any atom is -0.394 e. The van der Waals surface area contributed by atoms with Crippen molar-refractivity contribution in [2.45, 2.75) is 49.1 Å². The first-order valence-electron chi connectivity index (χ1n) is 12.2. The first kappa shape index (κ1) is 25.6. The number of amides is 2. The van der Waals surface area contributed by atoms with E-state index in [9.17, 15) is 9.59 Å². The highest BCUT2D eigenvalue weighted by Gasteiger charge is 2.29. The molecule has 36 heavy (non-hydrogen) atoms. The molecule has 0 bridgehead atoms. The fourth-order valence-electron chi connectivity index (χ4n) is 3.70. The second-order valence-corrected chi connectivity index (χ2v) is 9.73. The second-order valence-electron chi connectivity index (χ2n) is 8.69. The third-order valence-corrected chi connectivity index (χ3v) is 6.72. The zero-order valence-electron chi connectivity index (χ0n) is 20.4. The molecule has 2 heterocycles. The summed E-state index contributed by atoms with van der Waals surface area (Å²) in [5.74, 6) is 0.599. The zero-order valence-corrected chi connectivity index (χ0v) is 21.2. The van der Waals surface area contributed by atoms with Gasteiger partial charge in [0.1, 0.15) is 11.5 Å². The molecule has 5 N–H and O–H groups in total. The van der Waals surface area contributed by atoms with E-state index in [1.54, 1.807) is 4.90 Å². The molecule has 4 rings (SSSR count). The van der Waals surface area contributed by atoms with E-state index < -0.39 is 0 Å². The number of hydrogen-bond acceptors (Lipinski definition) is 8. The predicted octanol–water partition coefficient (Wildman–Crippen LogP) is 3.51. The van der Waals surface area contributed by atoms with Crippen molar-refractivity contribution in [3.8, 4) is 0 Å². The van der Waals surface area contributed by atoms with Crippen LogP contribution >= 0.6 is 11.8 Å². The van der Waals surface area contributed by atoms with Crippen molar-refractivity contribution in [3.63, 3.8) is 0 Å². The molecule has 2 amide bonds. The number of hydrogen-bond donors (Lipinski definition) is 4. The number of hydrazine groups is 1. The molecular weight excluding hydrogens is 476 g/mol. The summed E-state index contributed by atoms with van der Waals surface area (Å²) in [6.45, 7) is 7.75. The summed E-state index contributed by atoms with van der Waals surface area (Å²) in [5, 5.41) is 3.28. The number of likely N-dealkylation sites (tertiary alicyclic amines) is 1. The molecule has 1 aliphatic carbocycles. The van der Waals surface area contributed by atoms with E-state index in [-0.39, 0.29) is 34.9 Å². The Kier molecular flexibility index (Phi) is 8.55. The lowest BCUT2D eigenvalue weighted by Crippen LogP contribution is -2.37. The first-order valence-corrected chi connectivity index (χ1v) is 13.1. The Balaban J connectivity index is 1.61. The number of nitrogens with one attached hydrogen (secondary N) is 3. The summed E-state index contributed by atoms with van der Waals surface area (Å²) in [5.41, 5.74) is 13.3. The van der Waals surface area contributed by atoms with Gasteiger partial charge in [0.05, 0.1) is 0 Å². The molecular formula is C25H32N8O2S. The van der Waals surface area contributed by atoms with Crippen molar-refractivity contribution in [2.24, 2.45) is 10.9 Å². The third kappa shape index (κ3) is 6.61. The molecule has 1 aliphatic heterocycles. The summed E-state index contributed by atoms with van der Waals surface area (Å²) in [7, 11) is 0. The molecule has 1 aromatic carbocycles. The summed E-state index contributed by atoms with van der Waals surface area (Å²) < 4.78 is 0. The van der Waals surface area contributed by atoms with Gasteiger partial charge in [0.2, 0.25) is 5.91 Å². The maximum atomic E-state index is 13.3. The highest BCUT2D eigenvalue weighted by molar-refractivity contribution is 7.99. The van der Waals surface area contributed by atoms with E-state index in [1.807, 2.05) is 31.2 Å². The quantitative estimate of drug-likeness (QED) is 0.175. The number of benzene rings is 1. The third-order valence-electron chi connectivity index (χ3n) is 5.84. The molecule has 2 aliphatic rings. The molecule has 0 spiro atoms. The predicted molar refractivity (Wildman–Crippen MR) is 142 cm³/mol. The number of amidine groups is 1. The van der Waals surface area contributed by atoms with Gasteiger partial charge in [-0.2, -0.15) is 0 Å². The van der Waals surface area contributed by atoms with Crippen molar-refractivity contribution >= 4 is 46.6 Å². The number of anilines is 2. The maximum Gasteiger partial charge on any atom is 0.274 e. The van der Waals surface area contributed by atoms with Gasteiger partial charge in [-0.3, -0.25) is 9.59 Å². The average molecular weight is 509 g/mol. The SMILES string of the molecule is C=CC(=Nc1nc(Sc2ccc(NC(=O)C3CC3)cc2)nc(C(=O)N2CCCCC2)c1N)NNCC. The fraction of sp³-hybridized carbons (Fsp3) is 0.400. The molecule has 1 saturated carbocycles. The lowest BCUT2D eigenvalue weighted by atomic mass is 10.1. The molecule has 2 aromatic rings. The van der Waals surface area contributed by atoms with Gasteiger partial charge in [0.15, 0.2) is 16.7 Å². The van der Waals surface area contributed by atoms with E-state index in [1.165, 1.54) is 17.8 Å². The van der Waals surface area contributed by atoms with Crippen molar-refractivity contribution in [1.29, 1.82) is 0 Å². The Hall–Kier alpha value is -3.44. The van der Waals surface area contributed by atoms with E-state index in [0.29, 0.717) is 30.6 Å². The van der Waals surface area contributed by atoms with Gasteiger partial charge in [0.25, 0.3) is 5.91 Å². The average Bonchev–Trinajstić information content (AvgIpc) is 3.75. The van der Waals surface area contributed by atoms with E-state index >= 15 is 0 Å². The van der Waals surface area contributed by atoms with Gasteiger partial charge in [-0.1, -0.05) is 13.5 Å². The van der Waals surface area contributed by atoms with E-state index in [2.05, 4.69) is 37.7 Å². The molecule has 1 saturated heterocycles. The molecule has 11 heteroatoms. The number of carbonyl (C=O) groups excluding carboxylic acids is 2. The van der Waals surface area contributed by atoms with Crippen LogP contribution in [0.2, 0.25) is 0 Å². The second kappa shape index (κ2) is 12.0. The Morgan fingerprint density at radius 2 is 1.92 bits per heavy atom. The topological polar surface area (TPSA) is 138 Å². The molecule has 1 aromatic heterocycles. The standard InChI is InChI=1S/C25H32N8O2S/c1-3-19(32-27-4-2)29-22-20(26)21(24(35)33-14-6-5-7-15-33)30-25(31-22)36-18-12-10-17(11-13-18)28-23(34)16-8-9-16/h3,10-13,16,27H,1,4-9,14-15,26H2,2H3,(H,28,34)(H,29,30,31,32). The number of nitrogens with zero attached hydrogens (tertiary/aromatic N) is 4. The van der Waals surface area contributed by atoms with E-state index in [0.717, 1.165) is 42.7 Å². The van der Waals surface area contributed by atoms with Crippen LogP contribution in [0, 0.1) is 5.92 Å². The Morgan fingerprint density at radius 1 is 1.19 bits per heavy atom. The zero-order chi connectivity index (χ0) is 25.5. The minimum absolute atomic E-state index is 0.0600. The van der Waals surface area contributed by atoms with Crippen LogP contribution in [0.25, 0.3) is 0 Å². The Labute approximate surface area is 215 Å². The van der Waals surface area contributed by atoms with Crippen LogP contribution in [0.15, 0.2) is 52.0 Å². The number of nitrogens with two attached hydrogens (primary N) is 1. The fourth-order valence-corrected chi connectivity index (χ4v) is 4.45. The lowest BCUT2D eigenvalue weighted by molar-refractivity contribution is -0.117. The van der Waals surface area contributed by atoms with Crippen LogP contribution in [-0.4, -0.2) is 52.2 Å². The van der Waals surface area contributed by atoms with Crippen molar-refractivity contribution in [2.75, 3.05) is 30.7 Å². The van der Waals surface area contributed by atoms with Gasteiger partial charge in [-0.05, 0) is 74.2 Å². The largest absolute Gasteiger partial charge is 0.394 e. The van der Waals surface area contributed by atoms with Crippen molar-refractivity contribution in [3.05, 3.63) is 42.6 Å². The van der Waals surface area contributed by atoms with Crippen LogP contribution < -0.4 is 21.9 Å². The van der Waals surface area contributed by atoms with Crippen molar-refractivity contribution < 1.29 is 9.59 Å². The molecule has 190 valence electrons.